The van der Waals surface area contributed by atoms with E-state index in [1.165, 1.54) is 99.4 Å². The van der Waals surface area contributed by atoms with Crippen molar-refractivity contribution in [1.82, 2.24) is 0 Å². The maximum absolute atomic E-state index is 2.58. The molecule has 0 aromatic heterocycles. The highest BCUT2D eigenvalue weighted by Gasteiger charge is 2.28. The molecule has 4 aromatic rings. The molecule has 0 amide bonds. The van der Waals surface area contributed by atoms with Gasteiger partial charge in [0.25, 0.3) is 0 Å². The van der Waals surface area contributed by atoms with Crippen molar-refractivity contribution in [3.8, 4) is 0 Å². The fraction of sp³-hybridized carbons (Fsp3) is 0.429. The van der Waals surface area contributed by atoms with Gasteiger partial charge < -0.3 is 0 Å². The molecule has 0 saturated carbocycles. The smallest absolute Gasteiger partial charge is 0.0628 e. The summed E-state index contributed by atoms with van der Waals surface area (Å²) in [5.41, 5.74) is 20.6. The summed E-state index contributed by atoms with van der Waals surface area (Å²) in [5.74, 6) is 0. The molecule has 0 unspecified atom stereocenters. The second-order valence-electron chi connectivity index (χ2n) is 11.6. The minimum atomic E-state index is -1.07. The highest BCUT2D eigenvalue weighted by Crippen LogP contribution is 2.36. The Hall–Kier alpha value is -2.38. The molecule has 1 radical (unpaired) electrons. The van der Waals surface area contributed by atoms with Crippen LogP contribution < -0.4 is 10.4 Å². The number of rotatable bonds is 2. The minimum Gasteiger partial charge on any atom is -0.0628 e. The van der Waals surface area contributed by atoms with Crippen molar-refractivity contribution in [2.24, 2.45) is 0 Å². The normalized spacial score (nSPS) is 12.0. The first-order chi connectivity index (χ1) is 16.7. The van der Waals surface area contributed by atoms with Crippen molar-refractivity contribution in [2.45, 2.75) is 103 Å². The molecule has 0 aliphatic carbocycles. The molecule has 36 heavy (non-hydrogen) atoms. The second-order valence-corrected chi connectivity index (χ2v) is 13.9. The predicted molar refractivity (Wildman–Crippen MR) is 165 cm³/mol. The predicted octanol–water partition coefficient (Wildman–Crippen LogP) is 8.55. The fourth-order valence-corrected chi connectivity index (χ4v) is 10.1. The molecule has 1 heteroatoms. The summed E-state index contributed by atoms with van der Waals surface area (Å²) in [6.07, 6.45) is 0. The quantitative estimate of drug-likeness (QED) is 0.245. The van der Waals surface area contributed by atoms with Crippen molar-refractivity contribution in [2.75, 3.05) is 0 Å². The van der Waals surface area contributed by atoms with E-state index in [1.54, 1.807) is 10.4 Å². The van der Waals surface area contributed by atoms with Crippen LogP contribution in [0.15, 0.2) is 0 Å². The van der Waals surface area contributed by atoms with Crippen LogP contribution in [0.4, 0.5) is 0 Å². The van der Waals surface area contributed by atoms with E-state index in [1.807, 2.05) is 0 Å². The van der Waals surface area contributed by atoms with Crippen LogP contribution in [0.2, 0.25) is 6.55 Å². The van der Waals surface area contributed by atoms with Crippen molar-refractivity contribution in [3.05, 3.63) is 77.9 Å². The van der Waals surface area contributed by atoms with Crippen LogP contribution in [-0.2, 0) is 0 Å². The third kappa shape index (κ3) is 3.38. The first-order valence-electron chi connectivity index (χ1n) is 13.5. The van der Waals surface area contributed by atoms with Gasteiger partial charge in [-0.05, 0) is 207 Å². The van der Waals surface area contributed by atoms with Gasteiger partial charge in [-0.1, -0.05) is 6.55 Å². The van der Waals surface area contributed by atoms with Crippen molar-refractivity contribution in [3.63, 3.8) is 0 Å². The minimum absolute atomic E-state index is 1.07. The van der Waals surface area contributed by atoms with Crippen molar-refractivity contribution in [1.29, 1.82) is 0 Å². The molecule has 0 aliphatic rings. The molecule has 0 saturated heterocycles. The standard InChI is InChI=1S/C35H45Si/c1-16-18(3)26(11)32-30(22(16)7)24(9)20(5)28(13)34(32)36(15)35-29(14)21(6)25(10)31-23(8)17(2)19(4)27(12)33(31)35/h1-15H3. The molecule has 0 bridgehead atoms. The largest absolute Gasteiger partial charge is 0.120 e. The summed E-state index contributed by atoms with van der Waals surface area (Å²) < 4.78 is 0. The van der Waals surface area contributed by atoms with Gasteiger partial charge in [-0.25, -0.2) is 0 Å². The summed E-state index contributed by atoms with van der Waals surface area (Å²) in [5, 5.41) is 9.34. The van der Waals surface area contributed by atoms with Gasteiger partial charge in [0.15, 0.2) is 0 Å². The zero-order valence-corrected chi connectivity index (χ0v) is 26.5. The van der Waals surface area contributed by atoms with Crippen LogP contribution in [0.3, 0.4) is 0 Å². The van der Waals surface area contributed by atoms with Crippen LogP contribution in [-0.4, -0.2) is 8.80 Å². The molecule has 0 heterocycles. The molecule has 4 aromatic carbocycles. The third-order valence-corrected chi connectivity index (χ3v) is 13.1. The Bertz CT molecular complexity index is 1470. The van der Waals surface area contributed by atoms with Gasteiger partial charge in [-0.3, -0.25) is 0 Å². The number of hydrogen-bond acceptors (Lipinski definition) is 0. The Morgan fingerprint density at radius 2 is 0.444 bits per heavy atom. The Labute approximate surface area is 221 Å². The molecular formula is C35H45Si. The van der Waals surface area contributed by atoms with Gasteiger partial charge in [0.05, 0.1) is 0 Å². The fourth-order valence-electron chi connectivity index (χ4n) is 6.94. The van der Waals surface area contributed by atoms with E-state index in [0.29, 0.717) is 0 Å². The topological polar surface area (TPSA) is 0 Å². The number of hydrogen-bond donors (Lipinski definition) is 0. The van der Waals surface area contributed by atoms with E-state index >= 15 is 0 Å². The molecule has 189 valence electrons. The zero-order chi connectivity index (χ0) is 27.1. The van der Waals surface area contributed by atoms with E-state index in [2.05, 4.69) is 103 Å². The van der Waals surface area contributed by atoms with Crippen molar-refractivity contribution < 1.29 is 0 Å². The molecule has 0 nitrogen and oxygen atoms in total. The summed E-state index contributed by atoms with van der Waals surface area (Å²) in [6.45, 7) is 35.4. The van der Waals surface area contributed by atoms with E-state index in [-0.39, 0.29) is 0 Å². The first kappa shape index (κ1) is 26.7. The van der Waals surface area contributed by atoms with E-state index in [4.69, 9.17) is 0 Å². The highest BCUT2D eigenvalue weighted by atomic mass is 28.3. The maximum atomic E-state index is 2.58. The average molecular weight is 494 g/mol. The summed E-state index contributed by atoms with van der Waals surface area (Å²) >= 11 is 0. The molecular weight excluding hydrogens is 448 g/mol. The lowest BCUT2D eigenvalue weighted by atomic mass is 9.86. The van der Waals surface area contributed by atoms with E-state index in [9.17, 15) is 0 Å². The van der Waals surface area contributed by atoms with Crippen LogP contribution in [0.25, 0.3) is 21.5 Å². The molecule has 4 rings (SSSR count). The lowest BCUT2D eigenvalue weighted by Crippen LogP contribution is -2.44. The van der Waals surface area contributed by atoms with Crippen LogP contribution in [0, 0.1) is 96.9 Å². The van der Waals surface area contributed by atoms with Gasteiger partial charge in [0.2, 0.25) is 0 Å². The molecule has 0 N–H and O–H groups in total. The number of fused-ring (bicyclic) bond motifs is 2. The number of aryl methyl sites for hydroxylation is 6. The Balaban J connectivity index is 2.30. The number of benzene rings is 4. The lowest BCUT2D eigenvalue weighted by molar-refractivity contribution is 1.23. The third-order valence-electron chi connectivity index (χ3n) is 10.4. The SMILES string of the molecule is Cc1c(C)c(C)c2c([Si](C)c3c(C)c(C)c(C)c4c(C)c(C)c(C)c(C)c34)c(C)c(C)c(C)c2c1C. The molecule has 0 spiro atoms. The Morgan fingerprint density at radius 3 is 0.694 bits per heavy atom. The summed E-state index contributed by atoms with van der Waals surface area (Å²) in [4.78, 5) is 0. The van der Waals surface area contributed by atoms with Gasteiger partial charge in [-0.2, -0.15) is 0 Å². The summed E-state index contributed by atoms with van der Waals surface area (Å²) in [6, 6.07) is 0. The van der Waals surface area contributed by atoms with Gasteiger partial charge in [0.1, 0.15) is 8.80 Å². The van der Waals surface area contributed by atoms with Gasteiger partial charge in [-0.15, -0.1) is 0 Å². The Kier molecular flexibility index (Phi) is 6.57. The van der Waals surface area contributed by atoms with Gasteiger partial charge in [0, 0.05) is 0 Å². The second kappa shape index (κ2) is 8.87. The first-order valence-corrected chi connectivity index (χ1v) is 15.5. The van der Waals surface area contributed by atoms with Gasteiger partial charge >= 0.3 is 0 Å². The van der Waals surface area contributed by atoms with E-state index < -0.39 is 8.80 Å². The zero-order valence-electron chi connectivity index (χ0n) is 25.5. The molecule has 0 fully saturated rings. The van der Waals surface area contributed by atoms with E-state index in [0.717, 1.165) is 0 Å². The maximum Gasteiger partial charge on any atom is 0.120 e. The van der Waals surface area contributed by atoms with Crippen LogP contribution in [0.5, 0.6) is 0 Å². The monoisotopic (exact) mass is 493 g/mol. The van der Waals surface area contributed by atoms with Crippen LogP contribution in [0.1, 0.15) is 77.9 Å². The lowest BCUT2D eigenvalue weighted by Gasteiger charge is -2.29. The van der Waals surface area contributed by atoms with Crippen LogP contribution >= 0.6 is 0 Å². The van der Waals surface area contributed by atoms with Crippen molar-refractivity contribution >= 4 is 40.7 Å². The molecule has 0 aliphatic heterocycles. The Morgan fingerprint density at radius 1 is 0.250 bits per heavy atom. The average Bonchev–Trinajstić information content (AvgIpc) is 2.84. The molecule has 0 atom stereocenters. The highest BCUT2D eigenvalue weighted by molar-refractivity contribution is 6.88. The summed E-state index contributed by atoms with van der Waals surface area (Å²) in [7, 11) is -1.07.